The predicted octanol–water partition coefficient (Wildman–Crippen LogP) is 1.67. The van der Waals surface area contributed by atoms with E-state index in [2.05, 4.69) is 10.3 Å². The molecule has 0 radical (unpaired) electrons. The van der Waals surface area contributed by atoms with Gasteiger partial charge in [0.1, 0.15) is 5.01 Å². The molecule has 2 aromatic rings. The zero-order chi connectivity index (χ0) is 13.1. The van der Waals surface area contributed by atoms with E-state index in [1.54, 1.807) is 6.07 Å². The molecule has 94 valence electrons. The molecule has 1 heterocycles. The number of nitrogen functional groups attached to an aromatic ring is 1. The van der Waals surface area contributed by atoms with Crippen molar-refractivity contribution >= 4 is 22.9 Å². The molecule has 0 aliphatic rings. The Hall–Kier alpha value is -2.08. The van der Waals surface area contributed by atoms with Crippen LogP contribution in [0.5, 0.6) is 5.75 Å². The normalized spacial score (nSPS) is 10.3. The number of amides is 1. The number of nitrogens with two attached hydrogens (primary N) is 1. The van der Waals surface area contributed by atoms with Crippen molar-refractivity contribution in [2.45, 2.75) is 13.5 Å². The summed E-state index contributed by atoms with van der Waals surface area (Å²) in [5.41, 5.74) is 6.81. The highest BCUT2D eigenvalue weighted by Crippen LogP contribution is 2.24. The van der Waals surface area contributed by atoms with Crippen molar-refractivity contribution in [3.63, 3.8) is 0 Å². The van der Waals surface area contributed by atoms with Crippen molar-refractivity contribution in [2.75, 3.05) is 5.73 Å². The number of carbonyl (C=O) groups excluding carboxylic acids is 1. The summed E-state index contributed by atoms with van der Waals surface area (Å²) in [6.45, 7) is 2.23. The molecular weight excluding hydrogens is 250 g/mol. The van der Waals surface area contributed by atoms with E-state index in [1.807, 2.05) is 12.3 Å². The number of benzene rings is 1. The minimum atomic E-state index is -0.368. The molecule has 0 aliphatic carbocycles. The second kappa shape index (κ2) is 5.05. The summed E-state index contributed by atoms with van der Waals surface area (Å²) in [6.07, 6.45) is 0. The number of nitrogens with zero attached hydrogens (tertiary/aromatic N) is 1. The molecule has 2 rings (SSSR count). The van der Waals surface area contributed by atoms with E-state index >= 15 is 0 Å². The number of hydrogen-bond donors (Lipinski definition) is 3. The highest BCUT2D eigenvalue weighted by molar-refractivity contribution is 7.09. The Kier molecular flexibility index (Phi) is 3.47. The molecule has 18 heavy (non-hydrogen) atoms. The number of aromatic nitrogens is 1. The van der Waals surface area contributed by atoms with Crippen LogP contribution < -0.4 is 11.1 Å². The number of thiazole rings is 1. The summed E-state index contributed by atoms with van der Waals surface area (Å²) < 4.78 is 0. The lowest BCUT2D eigenvalue weighted by molar-refractivity contribution is 0.0948. The first-order valence-electron chi connectivity index (χ1n) is 5.34. The average Bonchev–Trinajstić information content (AvgIpc) is 2.76. The Morgan fingerprint density at radius 1 is 1.56 bits per heavy atom. The van der Waals surface area contributed by atoms with E-state index in [4.69, 9.17) is 5.73 Å². The van der Waals surface area contributed by atoms with Crippen LogP contribution in [0.2, 0.25) is 0 Å². The van der Waals surface area contributed by atoms with E-state index < -0.39 is 0 Å². The van der Waals surface area contributed by atoms with Crippen molar-refractivity contribution in [3.8, 4) is 5.75 Å². The van der Waals surface area contributed by atoms with Gasteiger partial charge >= 0.3 is 0 Å². The van der Waals surface area contributed by atoms with Crippen molar-refractivity contribution in [3.05, 3.63) is 39.8 Å². The van der Waals surface area contributed by atoms with E-state index in [0.717, 1.165) is 10.7 Å². The van der Waals surface area contributed by atoms with Gasteiger partial charge < -0.3 is 16.2 Å². The first-order valence-corrected chi connectivity index (χ1v) is 6.22. The van der Waals surface area contributed by atoms with Crippen molar-refractivity contribution in [1.82, 2.24) is 10.3 Å². The summed E-state index contributed by atoms with van der Waals surface area (Å²) in [6, 6.07) is 4.68. The number of phenolic OH excluding ortho intramolecular Hbond substituents is 1. The van der Waals surface area contributed by atoms with Gasteiger partial charge in [0.05, 0.1) is 17.8 Å². The minimum Gasteiger partial charge on any atom is -0.505 e. The van der Waals surface area contributed by atoms with Gasteiger partial charge in [-0.05, 0) is 19.1 Å². The second-order valence-corrected chi connectivity index (χ2v) is 4.75. The highest BCUT2D eigenvalue weighted by Gasteiger charge is 2.12. The third-order valence-electron chi connectivity index (χ3n) is 2.38. The number of phenols is 1. The molecule has 0 aliphatic heterocycles. The SMILES string of the molecule is Cc1csc(CNC(=O)c2cccc(N)c2O)n1. The molecule has 0 spiro atoms. The van der Waals surface area contributed by atoms with Gasteiger partial charge in [0.2, 0.25) is 0 Å². The predicted molar refractivity (Wildman–Crippen MR) is 70.5 cm³/mol. The van der Waals surface area contributed by atoms with Crippen LogP contribution in [0.1, 0.15) is 21.1 Å². The fourth-order valence-corrected chi connectivity index (χ4v) is 2.19. The van der Waals surface area contributed by atoms with Crippen molar-refractivity contribution < 1.29 is 9.90 Å². The molecule has 0 atom stereocenters. The number of aromatic hydroxyl groups is 1. The Morgan fingerprint density at radius 2 is 2.33 bits per heavy atom. The molecule has 0 saturated carbocycles. The third-order valence-corrected chi connectivity index (χ3v) is 3.35. The van der Waals surface area contributed by atoms with Crippen LogP contribution >= 0.6 is 11.3 Å². The smallest absolute Gasteiger partial charge is 0.255 e. The maximum Gasteiger partial charge on any atom is 0.255 e. The van der Waals surface area contributed by atoms with Gasteiger partial charge in [0.15, 0.2) is 5.75 Å². The van der Waals surface area contributed by atoms with E-state index in [1.165, 1.54) is 23.5 Å². The molecule has 1 amide bonds. The number of para-hydroxylation sites is 1. The molecule has 4 N–H and O–H groups in total. The number of anilines is 1. The zero-order valence-electron chi connectivity index (χ0n) is 9.80. The Balaban J connectivity index is 2.06. The van der Waals surface area contributed by atoms with Gasteiger partial charge in [-0.25, -0.2) is 4.98 Å². The van der Waals surface area contributed by atoms with Crippen LogP contribution in [0.15, 0.2) is 23.6 Å². The highest BCUT2D eigenvalue weighted by atomic mass is 32.1. The largest absolute Gasteiger partial charge is 0.505 e. The number of aryl methyl sites for hydroxylation is 1. The molecule has 0 fully saturated rings. The molecule has 0 unspecified atom stereocenters. The lowest BCUT2D eigenvalue weighted by atomic mass is 10.1. The summed E-state index contributed by atoms with van der Waals surface area (Å²) in [7, 11) is 0. The summed E-state index contributed by atoms with van der Waals surface area (Å²) in [5.74, 6) is -0.557. The number of carbonyl (C=O) groups is 1. The third kappa shape index (κ3) is 2.60. The van der Waals surface area contributed by atoms with Gasteiger partial charge in [0, 0.05) is 11.1 Å². The fourth-order valence-electron chi connectivity index (χ4n) is 1.48. The number of nitrogens with one attached hydrogen (secondary N) is 1. The lowest BCUT2D eigenvalue weighted by Gasteiger charge is -2.06. The monoisotopic (exact) mass is 263 g/mol. The molecule has 6 heteroatoms. The van der Waals surface area contributed by atoms with Crippen molar-refractivity contribution in [2.24, 2.45) is 0 Å². The molecular formula is C12H13N3O2S. The first-order chi connectivity index (χ1) is 8.58. The topological polar surface area (TPSA) is 88.2 Å². The maximum absolute atomic E-state index is 11.8. The van der Waals surface area contributed by atoms with Crippen molar-refractivity contribution in [1.29, 1.82) is 0 Å². The molecule has 5 nitrogen and oxygen atoms in total. The molecule has 0 bridgehead atoms. The molecule has 0 saturated heterocycles. The van der Waals surface area contributed by atoms with Crippen LogP contribution in [0.4, 0.5) is 5.69 Å². The minimum absolute atomic E-state index is 0.170. The van der Waals surface area contributed by atoms with Gasteiger partial charge in [-0.3, -0.25) is 4.79 Å². The van der Waals surface area contributed by atoms with Crippen LogP contribution in [0.3, 0.4) is 0 Å². The fraction of sp³-hybridized carbons (Fsp3) is 0.167. The van der Waals surface area contributed by atoms with Crippen LogP contribution in [-0.4, -0.2) is 16.0 Å². The summed E-state index contributed by atoms with van der Waals surface area (Å²) in [5, 5.41) is 15.1. The molecule has 1 aromatic heterocycles. The quantitative estimate of drug-likeness (QED) is 0.580. The van der Waals surface area contributed by atoms with E-state index in [-0.39, 0.29) is 22.9 Å². The number of hydrogen-bond acceptors (Lipinski definition) is 5. The summed E-state index contributed by atoms with van der Waals surface area (Å²) >= 11 is 1.48. The lowest BCUT2D eigenvalue weighted by Crippen LogP contribution is -2.23. The Bertz CT molecular complexity index is 580. The Morgan fingerprint density at radius 3 is 3.00 bits per heavy atom. The van der Waals surface area contributed by atoms with E-state index in [0.29, 0.717) is 6.54 Å². The van der Waals surface area contributed by atoms with Crippen LogP contribution in [0.25, 0.3) is 0 Å². The summed E-state index contributed by atoms with van der Waals surface area (Å²) in [4.78, 5) is 16.1. The van der Waals surface area contributed by atoms with Gasteiger partial charge in [-0.2, -0.15) is 0 Å². The maximum atomic E-state index is 11.8. The van der Waals surface area contributed by atoms with Gasteiger partial charge in [0.25, 0.3) is 5.91 Å². The zero-order valence-corrected chi connectivity index (χ0v) is 10.6. The van der Waals surface area contributed by atoms with Gasteiger partial charge in [-0.1, -0.05) is 6.07 Å². The molecule has 1 aromatic carbocycles. The average molecular weight is 263 g/mol. The van der Waals surface area contributed by atoms with Crippen LogP contribution in [-0.2, 0) is 6.54 Å². The first kappa shape index (κ1) is 12.4. The second-order valence-electron chi connectivity index (χ2n) is 3.81. The van der Waals surface area contributed by atoms with E-state index in [9.17, 15) is 9.90 Å². The number of rotatable bonds is 3. The Labute approximate surface area is 108 Å². The van der Waals surface area contributed by atoms with Crippen LogP contribution in [0, 0.1) is 6.92 Å². The standard InChI is InChI=1S/C12H13N3O2S/c1-7-6-18-10(15-7)5-14-12(17)8-3-2-4-9(13)11(8)16/h2-4,6,16H,5,13H2,1H3,(H,14,17). The van der Waals surface area contributed by atoms with Gasteiger partial charge in [-0.15, -0.1) is 11.3 Å².